The first-order chi connectivity index (χ1) is 17.2. The van der Waals surface area contributed by atoms with E-state index in [9.17, 15) is 17.6 Å². The molecule has 36 heavy (non-hydrogen) atoms. The molecule has 11 heteroatoms. The molecule has 1 aromatic carbocycles. The maximum Gasteiger partial charge on any atom is 0.419 e. The first kappa shape index (κ1) is 24.2. The molecule has 2 saturated heterocycles. The van der Waals surface area contributed by atoms with Gasteiger partial charge in [-0.15, -0.1) is 0 Å². The SMILES string of the molecule is Cc1ccc(-c2nc(N3CCN(c4ncccc4C(F)(F)F)CC3)nc(N3CCCC3C)n2)c(F)c1. The molecule has 2 aliphatic heterocycles. The number of hydrogen-bond acceptors (Lipinski definition) is 7. The lowest BCUT2D eigenvalue weighted by Gasteiger charge is -2.36. The normalized spacial score (nSPS) is 18.7. The molecule has 5 rings (SSSR count). The van der Waals surface area contributed by atoms with E-state index in [-0.39, 0.29) is 17.7 Å². The fourth-order valence-electron chi connectivity index (χ4n) is 4.76. The van der Waals surface area contributed by atoms with E-state index in [0.717, 1.165) is 31.0 Å². The van der Waals surface area contributed by atoms with Gasteiger partial charge in [0.05, 0.1) is 11.1 Å². The fraction of sp³-hybridized carbons (Fsp3) is 0.440. The van der Waals surface area contributed by atoms with Crippen LogP contribution in [0.3, 0.4) is 0 Å². The van der Waals surface area contributed by atoms with Crippen LogP contribution in [-0.2, 0) is 6.18 Å². The van der Waals surface area contributed by atoms with Gasteiger partial charge in [-0.05, 0) is 56.5 Å². The van der Waals surface area contributed by atoms with E-state index >= 15 is 0 Å². The third-order valence-corrected chi connectivity index (χ3v) is 6.74. The molecule has 0 radical (unpaired) electrons. The van der Waals surface area contributed by atoms with Gasteiger partial charge in [0.1, 0.15) is 11.6 Å². The maximum absolute atomic E-state index is 14.8. The van der Waals surface area contributed by atoms with Gasteiger partial charge in [0.2, 0.25) is 11.9 Å². The summed E-state index contributed by atoms with van der Waals surface area (Å²) in [4.78, 5) is 23.6. The number of aromatic nitrogens is 4. The van der Waals surface area contributed by atoms with Crippen LogP contribution in [0.1, 0.15) is 30.9 Å². The van der Waals surface area contributed by atoms with Gasteiger partial charge in [-0.25, -0.2) is 9.37 Å². The third-order valence-electron chi connectivity index (χ3n) is 6.74. The van der Waals surface area contributed by atoms with Crippen LogP contribution in [0.4, 0.5) is 35.3 Å². The summed E-state index contributed by atoms with van der Waals surface area (Å²) >= 11 is 0. The van der Waals surface area contributed by atoms with E-state index in [1.54, 1.807) is 11.0 Å². The van der Waals surface area contributed by atoms with Crippen LogP contribution in [0.5, 0.6) is 0 Å². The smallest absolute Gasteiger partial charge is 0.353 e. The zero-order valence-electron chi connectivity index (χ0n) is 20.1. The molecule has 0 aliphatic carbocycles. The summed E-state index contributed by atoms with van der Waals surface area (Å²) in [6, 6.07) is 7.51. The van der Waals surface area contributed by atoms with E-state index in [4.69, 9.17) is 4.98 Å². The Morgan fingerprint density at radius 3 is 2.31 bits per heavy atom. The van der Waals surface area contributed by atoms with Crippen LogP contribution in [0, 0.1) is 12.7 Å². The zero-order chi connectivity index (χ0) is 25.4. The van der Waals surface area contributed by atoms with Crippen LogP contribution in [0.2, 0.25) is 0 Å². The van der Waals surface area contributed by atoms with Crippen LogP contribution < -0.4 is 14.7 Å². The first-order valence-corrected chi connectivity index (χ1v) is 12.0. The van der Waals surface area contributed by atoms with Crippen molar-refractivity contribution in [2.75, 3.05) is 47.4 Å². The summed E-state index contributed by atoms with van der Waals surface area (Å²) in [5.74, 6) is 0.650. The van der Waals surface area contributed by atoms with Gasteiger partial charge < -0.3 is 14.7 Å². The number of aryl methyl sites for hydroxylation is 1. The van der Waals surface area contributed by atoms with E-state index in [1.807, 2.05) is 17.9 Å². The Labute approximate surface area is 206 Å². The lowest BCUT2D eigenvalue weighted by molar-refractivity contribution is -0.137. The number of halogens is 4. The summed E-state index contributed by atoms with van der Waals surface area (Å²) in [6.45, 7) is 6.13. The van der Waals surface area contributed by atoms with Gasteiger partial charge in [-0.3, -0.25) is 0 Å². The molecule has 3 aromatic rings. The zero-order valence-corrected chi connectivity index (χ0v) is 20.1. The van der Waals surface area contributed by atoms with E-state index in [0.29, 0.717) is 43.6 Å². The quantitative estimate of drug-likeness (QED) is 0.480. The summed E-state index contributed by atoms with van der Waals surface area (Å²) in [7, 11) is 0. The van der Waals surface area contributed by atoms with Crippen molar-refractivity contribution in [2.45, 2.75) is 38.9 Å². The average molecular weight is 502 g/mol. The van der Waals surface area contributed by atoms with E-state index in [2.05, 4.69) is 26.8 Å². The highest BCUT2D eigenvalue weighted by Gasteiger charge is 2.36. The summed E-state index contributed by atoms with van der Waals surface area (Å²) in [5, 5.41) is 0. The average Bonchev–Trinajstić information content (AvgIpc) is 3.29. The predicted molar refractivity (Wildman–Crippen MR) is 130 cm³/mol. The number of piperazine rings is 1. The van der Waals surface area contributed by atoms with Gasteiger partial charge in [0, 0.05) is 45.0 Å². The van der Waals surface area contributed by atoms with E-state index < -0.39 is 17.6 Å². The van der Waals surface area contributed by atoms with Gasteiger partial charge >= 0.3 is 6.18 Å². The number of nitrogens with zero attached hydrogens (tertiary/aromatic N) is 7. The largest absolute Gasteiger partial charge is 0.419 e. The first-order valence-electron chi connectivity index (χ1n) is 12.0. The molecule has 1 atom stereocenters. The van der Waals surface area contributed by atoms with Crippen molar-refractivity contribution in [3.63, 3.8) is 0 Å². The standard InChI is InChI=1S/C25H27F4N7/c1-16-7-8-18(20(26)15-16)21-31-23(33-24(32-21)36-10-4-5-17(36)2)35-13-11-34(12-14-35)22-19(25(27,28)29)6-3-9-30-22/h3,6-9,15,17H,4-5,10-14H2,1-2H3. The number of pyridine rings is 1. The molecule has 0 N–H and O–H groups in total. The number of anilines is 3. The third kappa shape index (κ3) is 4.78. The second kappa shape index (κ2) is 9.51. The summed E-state index contributed by atoms with van der Waals surface area (Å²) in [6.07, 6.45) is -1.09. The summed E-state index contributed by atoms with van der Waals surface area (Å²) < 4.78 is 55.3. The Balaban J connectivity index is 1.45. The summed E-state index contributed by atoms with van der Waals surface area (Å²) in [5.41, 5.74) is 0.336. The molecule has 1 unspecified atom stereocenters. The second-order valence-electron chi connectivity index (χ2n) is 9.27. The Kier molecular flexibility index (Phi) is 6.40. The van der Waals surface area contributed by atoms with Crippen molar-refractivity contribution in [3.05, 3.63) is 53.5 Å². The van der Waals surface area contributed by atoms with Crippen LogP contribution in [-0.4, -0.2) is 58.7 Å². The minimum absolute atomic E-state index is 0.0747. The Hall–Kier alpha value is -3.50. The lowest BCUT2D eigenvalue weighted by atomic mass is 10.1. The van der Waals surface area contributed by atoms with Crippen molar-refractivity contribution in [1.82, 2.24) is 19.9 Å². The van der Waals surface area contributed by atoms with Crippen molar-refractivity contribution < 1.29 is 17.6 Å². The molecular weight excluding hydrogens is 474 g/mol. The number of alkyl halides is 3. The molecule has 0 saturated carbocycles. The topological polar surface area (TPSA) is 61.3 Å². The highest BCUT2D eigenvalue weighted by molar-refractivity contribution is 5.60. The number of rotatable bonds is 4. The molecule has 0 spiro atoms. The van der Waals surface area contributed by atoms with Gasteiger partial charge in [-0.1, -0.05) is 6.07 Å². The lowest BCUT2D eigenvalue weighted by Crippen LogP contribution is -2.48. The highest BCUT2D eigenvalue weighted by Crippen LogP contribution is 2.36. The van der Waals surface area contributed by atoms with Gasteiger partial charge in [-0.2, -0.15) is 28.1 Å². The van der Waals surface area contributed by atoms with Crippen molar-refractivity contribution in [2.24, 2.45) is 0 Å². The minimum atomic E-state index is -4.48. The Bertz CT molecular complexity index is 1240. The second-order valence-corrected chi connectivity index (χ2v) is 9.27. The number of hydrogen-bond donors (Lipinski definition) is 0. The van der Waals surface area contributed by atoms with Gasteiger partial charge in [0.15, 0.2) is 5.82 Å². The van der Waals surface area contributed by atoms with Gasteiger partial charge in [0.25, 0.3) is 0 Å². The molecule has 190 valence electrons. The molecular formula is C25H27F4N7. The predicted octanol–water partition coefficient (Wildman–Crippen LogP) is 4.72. The van der Waals surface area contributed by atoms with Crippen LogP contribution >= 0.6 is 0 Å². The Morgan fingerprint density at radius 2 is 1.64 bits per heavy atom. The highest BCUT2D eigenvalue weighted by atomic mass is 19.4. The molecule has 2 aliphatic rings. The maximum atomic E-state index is 14.8. The monoisotopic (exact) mass is 501 g/mol. The van der Waals surface area contributed by atoms with Crippen molar-refractivity contribution in [1.29, 1.82) is 0 Å². The molecule has 2 aromatic heterocycles. The van der Waals surface area contributed by atoms with E-state index in [1.165, 1.54) is 18.3 Å². The van der Waals surface area contributed by atoms with Crippen molar-refractivity contribution >= 4 is 17.7 Å². The van der Waals surface area contributed by atoms with Crippen LogP contribution in [0.25, 0.3) is 11.4 Å². The Morgan fingerprint density at radius 1 is 0.917 bits per heavy atom. The fourth-order valence-corrected chi connectivity index (χ4v) is 4.76. The van der Waals surface area contributed by atoms with Crippen molar-refractivity contribution in [3.8, 4) is 11.4 Å². The molecule has 4 heterocycles. The molecule has 2 fully saturated rings. The molecule has 0 amide bonds. The molecule has 7 nitrogen and oxygen atoms in total. The minimum Gasteiger partial charge on any atom is -0.353 e. The van der Waals surface area contributed by atoms with Crippen LogP contribution in [0.15, 0.2) is 36.5 Å². The molecule has 0 bridgehead atoms. The number of benzene rings is 1.